The maximum Gasteiger partial charge on any atom is 0.162 e. The van der Waals surface area contributed by atoms with E-state index in [9.17, 15) is 0 Å². The molecule has 0 radical (unpaired) electrons. The summed E-state index contributed by atoms with van der Waals surface area (Å²) in [7, 11) is 3.67. The summed E-state index contributed by atoms with van der Waals surface area (Å²) >= 11 is 1.63. The van der Waals surface area contributed by atoms with Crippen molar-refractivity contribution >= 4 is 28.1 Å². The van der Waals surface area contributed by atoms with Crippen molar-refractivity contribution in [2.24, 2.45) is 7.05 Å². The molecule has 0 fully saturated rings. The highest BCUT2D eigenvalue weighted by molar-refractivity contribution is 7.08. The van der Waals surface area contributed by atoms with E-state index < -0.39 is 0 Å². The number of thiophene rings is 1. The van der Waals surface area contributed by atoms with Crippen LogP contribution in [0.15, 0.2) is 77.8 Å². The van der Waals surface area contributed by atoms with E-state index >= 15 is 0 Å². The number of benzene rings is 2. The number of imidazole rings is 1. The molecule has 6 nitrogen and oxygen atoms in total. The molecule has 0 aliphatic heterocycles. The first-order valence-electron chi connectivity index (χ1n) is 9.90. The fourth-order valence-corrected chi connectivity index (χ4v) is 4.25. The predicted molar refractivity (Wildman–Crippen MR) is 125 cm³/mol. The van der Waals surface area contributed by atoms with Crippen LogP contribution in [0.5, 0.6) is 5.75 Å². The second-order valence-electron chi connectivity index (χ2n) is 7.18. The zero-order valence-electron chi connectivity index (χ0n) is 17.2. The van der Waals surface area contributed by atoms with Crippen LogP contribution < -0.4 is 10.1 Å². The number of nitrogens with zero attached hydrogens (tertiary/aromatic N) is 4. The largest absolute Gasteiger partial charge is 0.497 e. The fourth-order valence-electron chi connectivity index (χ4n) is 3.62. The molecule has 31 heavy (non-hydrogen) atoms. The van der Waals surface area contributed by atoms with E-state index in [2.05, 4.69) is 21.7 Å². The van der Waals surface area contributed by atoms with E-state index in [0.29, 0.717) is 5.82 Å². The molecule has 0 aliphatic carbocycles. The van der Waals surface area contributed by atoms with Crippen LogP contribution >= 0.6 is 11.3 Å². The van der Waals surface area contributed by atoms with Gasteiger partial charge in [0.15, 0.2) is 5.82 Å². The number of aryl methyl sites for hydroxylation is 1. The maximum absolute atomic E-state index is 5.46. The molecule has 1 N–H and O–H groups in total. The van der Waals surface area contributed by atoms with E-state index in [0.717, 1.165) is 39.4 Å². The molecule has 0 aliphatic rings. The van der Waals surface area contributed by atoms with Gasteiger partial charge < -0.3 is 14.6 Å². The first kappa shape index (κ1) is 19.3. The molecule has 1 atom stereocenters. The highest BCUT2D eigenvalue weighted by Gasteiger charge is 2.21. The molecule has 0 amide bonds. The number of hydrogen-bond donors (Lipinski definition) is 1. The van der Waals surface area contributed by atoms with Crippen molar-refractivity contribution < 1.29 is 4.74 Å². The van der Waals surface area contributed by atoms with Crippen molar-refractivity contribution in [2.75, 3.05) is 12.4 Å². The van der Waals surface area contributed by atoms with Crippen molar-refractivity contribution in [1.82, 2.24) is 19.5 Å². The average Bonchev–Trinajstić information content (AvgIpc) is 3.49. The number of para-hydroxylation sites is 1. The number of aromatic nitrogens is 4. The summed E-state index contributed by atoms with van der Waals surface area (Å²) in [5.41, 5.74) is 2.94. The molecule has 0 saturated heterocycles. The van der Waals surface area contributed by atoms with Crippen molar-refractivity contribution in [2.45, 2.75) is 6.04 Å². The Hall–Kier alpha value is -3.71. The third-order valence-corrected chi connectivity index (χ3v) is 5.89. The van der Waals surface area contributed by atoms with Gasteiger partial charge in [0.2, 0.25) is 0 Å². The van der Waals surface area contributed by atoms with Gasteiger partial charge >= 0.3 is 0 Å². The second kappa shape index (κ2) is 8.20. The number of anilines is 1. The number of fused-ring (bicyclic) bond motifs is 1. The first-order chi connectivity index (χ1) is 15.2. The maximum atomic E-state index is 5.46. The molecular formula is C24H21N5OS. The highest BCUT2D eigenvalue weighted by atomic mass is 32.1. The monoisotopic (exact) mass is 427 g/mol. The van der Waals surface area contributed by atoms with Gasteiger partial charge in [-0.2, -0.15) is 11.3 Å². The van der Waals surface area contributed by atoms with Crippen LogP contribution in [0.3, 0.4) is 0 Å². The molecule has 0 unspecified atom stereocenters. The molecule has 3 aromatic heterocycles. The Morgan fingerprint density at radius 1 is 1.06 bits per heavy atom. The SMILES string of the molecule is COc1cccc([C@H](Nc2nc(-c3ccsc3)nc3ccccc23)c2nccn2C)c1. The van der Waals surface area contributed by atoms with Crippen LogP contribution in [-0.2, 0) is 7.05 Å². The highest BCUT2D eigenvalue weighted by Crippen LogP contribution is 2.32. The summed E-state index contributed by atoms with van der Waals surface area (Å²) in [6.45, 7) is 0. The lowest BCUT2D eigenvalue weighted by Crippen LogP contribution is -2.18. The third-order valence-electron chi connectivity index (χ3n) is 5.21. The smallest absolute Gasteiger partial charge is 0.162 e. The van der Waals surface area contributed by atoms with Gasteiger partial charge in [-0.3, -0.25) is 0 Å². The summed E-state index contributed by atoms with van der Waals surface area (Å²) in [6, 6.07) is 17.9. The Balaban J connectivity index is 1.66. The Bertz CT molecular complexity index is 1330. The lowest BCUT2D eigenvalue weighted by molar-refractivity contribution is 0.414. The molecule has 7 heteroatoms. The van der Waals surface area contributed by atoms with Crippen LogP contribution in [0.1, 0.15) is 17.4 Å². The van der Waals surface area contributed by atoms with Crippen LogP contribution in [0.2, 0.25) is 0 Å². The summed E-state index contributed by atoms with van der Waals surface area (Å²) in [4.78, 5) is 14.3. The van der Waals surface area contributed by atoms with Gasteiger partial charge in [0, 0.05) is 35.8 Å². The molecule has 2 aromatic carbocycles. The lowest BCUT2D eigenvalue weighted by Gasteiger charge is -2.21. The summed E-state index contributed by atoms with van der Waals surface area (Å²) in [5, 5.41) is 8.71. The Morgan fingerprint density at radius 3 is 2.74 bits per heavy atom. The molecule has 0 saturated carbocycles. The molecular weight excluding hydrogens is 406 g/mol. The molecule has 5 aromatic rings. The predicted octanol–water partition coefficient (Wildman–Crippen LogP) is 5.30. The second-order valence-corrected chi connectivity index (χ2v) is 7.96. The Morgan fingerprint density at radius 2 is 1.97 bits per heavy atom. The quantitative estimate of drug-likeness (QED) is 0.398. The minimum absolute atomic E-state index is 0.219. The standard InChI is InChI=1S/C24H21N5OS/c1-29-12-11-25-24(29)21(16-6-5-7-18(14-16)30-2)27-23-19-8-3-4-9-20(19)26-22(28-23)17-10-13-31-15-17/h3-15,21H,1-2H3,(H,26,27,28)/t21-/m0/s1. The van der Waals surface area contributed by atoms with Gasteiger partial charge in [-0.1, -0.05) is 24.3 Å². The average molecular weight is 428 g/mol. The summed E-state index contributed by atoms with van der Waals surface area (Å²) in [5.74, 6) is 3.15. The van der Waals surface area contributed by atoms with Gasteiger partial charge in [0.05, 0.1) is 12.6 Å². The molecule has 0 bridgehead atoms. The summed E-state index contributed by atoms with van der Waals surface area (Å²) < 4.78 is 7.48. The van der Waals surface area contributed by atoms with Crippen molar-refractivity contribution in [3.63, 3.8) is 0 Å². The molecule has 3 heterocycles. The van der Waals surface area contributed by atoms with E-state index in [1.807, 2.05) is 71.7 Å². The van der Waals surface area contributed by atoms with Crippen LogP contribution in [0, 0.1) is 0 Å². The Labute approximate surface area is 184 Å². The number of hydrogen-bond acceptors (Lipinski definition) is 6. The van der Waals surface area contributed by atoms with E-state index in [-0.39, 0.29) is 6.04 Å². The lowest BCUT2D eigenvalue weighted by atomic mass is 10.1. The van der Waals surface area contributed by atoms with Crippen molar-refractivity contribution in [3.05, 3.63) is 89.1 Å². The van der Waals surface area contributed by atoms with Gasteiger partial charge in [0.1, 0.15) is 23.4 Å². The van der Waals surface area contributed by atoms with Crippen molar-refractivity contribution in [3.8, 4) is 17.1 Å². The fraction of sp³-hybridized carbons (Fsp3) is 0.125. The number of rotatable bonds is 6. The van der Waals surface area contributed by atoms with Crippen molar-refractivity contribution in [1.29, 1.82) is 0 Å². The minimum atomic E-state index is -0.219. The normalized spacial score (nSPS) is 12.1. The number of methoxy groups -OCH3 is 1. The van der Waals surface area contributed by atoms with Gasteiger partial charge in [0.25, 0.3) is 0 Å². The Kier molecular flexibility index (Phi) is 5.09. The summed E-state index contributed by atoms with van der Waals surface area (Å²) in [6.07, 6.45) is 3.75. The van der Waals surface area contributed by atoms with Crippen LogP contribution in [-0.4, -0.2) is 26.6 Å². The van der Waals surface area contributed by atoms with Gasteiger partial charge in [-0.15, -0.1) is 0 Å². The molecule has 0 spiro atoms. The van der Waals surface area contributed by atoms with E-state index in [1.165, 1.54) is 0 Å². The number of ether oxygens (including phenoxy) is 1. The topological polar surface area (TPSA) is 64.9 Å². The third kappa shape index (κ3) is 3.75. The van der Waals surface area contributed by atoms with Gasteiger partial charge in [-0.25, -0.2) is 15.0 Å². The molecule has 154 valence electrons. The minimum Gasteiger partial charge on any atom is -0.497 e. The van der Waals surface area contributed by atoms with E-state index in [1.54, 1.807) is 24.6 Å². The zero-order valence-corrected chi connectivity index (χ0v) is 18.0. The van der Waals surface area contributed by atoms with Crippen LogP contribution in [0.25, 0.3) is 22.3 Å². The molecule has 5 rings (SSSR count). The van der Waals surface area contributed by atoms with Gasteiger partial charge in [-0.05, 0) is 41.3 Å². The zero-order chi connectivity index (χ0) is 21.2. The number of nitrogens with one attached hydrogen (secondary N) is 1. The van der Waals surface area contributed by atoms with E-state index in [4.69, 9.17) is 14.7 Å². The first-order valence-corrected chi connectivity index (χ1v) is 10.8. The van der Waals surface area contributed by atoms with Crippen LogP contribution in [0.4, 0.5) is 5.82 Å².